The van der Waals surface area contributed by atoms with Crippen molar-refractivity contribution in [1.82, 2.24) is 9.88 Å². The van der Waals surface area contributed by atoms with Gasteiger partial charge in [-0.1, -0.05) is 0 Å². The monoisotopic (exact) mass is 358 g/mol. The van der Waals surface area contributed by atoms with Gasteiger partial charge in [0, 0.05) is 22.9 Å². The van der Waals surface area contributed by atoms with Crippen molar-refractivity contribution in [1.29, 1.82) is 0 Å². The lowest BCUT2D eigenvalue weighted by atomic mass is 10.2. The van der Waals surface area contributed by atoms with Crippen LogP contribution in [-0.2, 0) is 6.54 Å². The number of carbonyl (C=O) groups is 1. The summed E-state index contributed by atoms with van der Waals surface area (Å²) in [7, 11) is 3.45. The summed E-state index contributed by atoms with van der Waals surface area (Å²) in [5.74, 6) is 0.747. The maximum absolute atomic E-state index is 12.6. The summed E-state index contributed by atoms with van der Waals surface area (Å²) in [5.41, 5.74) is 2.69. The molecule has 2 aromatic heterocycles. The van der Waals surface area contributed by atoms with Crippen molar-refractivity contribution >= 4 is 28.6 Å². The average molecular weight is 358 g/mol. The molecule has 0 spiro atoms. The predicted molar refractivity (Wildman–Crippen MR) is 99.0 cm³/mol. The number of aromatic nitrogens is 1. The van der Waals surface area contributed by atoms with Gasteiger partial charge in [-0.2, -0.15) is 0 Å². The molecule has 0 aliphatic heterocycles. The highest BCUT2D eigenvalue weighted by Crippen LogP contribution is 2.26. The molecule has 2 heterocycles. The third-order valence-corrected chi connectivity index (χ3v) is 5.66. The van der Waals surface area contributed by atoms with Gasteiger partial charge in [-0.3, -0.25) is 4.79 Å². The van der Waals surface area contributed by atoms with Crippen LogP contribution in [0, 0.1) is 6.92 Å². The quantitative estimate of drug-likeness (QED) is 0.676. The Hall–Kier alpha value is -2.18. The van der Waals surface area contributed by atoms with Crippen LogP contribution in [0.4, 0.5) is 0 Å². The Morgan fingerprint density at radius 2 is 1.96 bits per heavy atom. The van der Waals surface area contributed by atoms with Crippen LogP contribution in [0.5, 0.6) is 5.75 Å². The van der Waals surface area contributed by atoms with E-state index in [1.807, 2.05) is 42.1 Å². The minimum absolute atomic E-state index is 0.0567. The number of carbonyl (C=O) groups excluding carboxylic acids is 1. The molecule has 0 radical (unpaired) electrons. The van der Waals surface area contributed by atoms with Crippen LogP contribution in [-0.4, -0.2) is 29.9 Å². The normalized spacial score (nSPS) is 10.6. The van der Waals surface area contributed by atoms with Crippen LogP contribution in [0.25, 0.3) is 10.6 Å². The zero-order chi connectivity index (χ0) is 17.1. The third-order valence-electron chi connectivity index (χ3n) is 3.76. The molecule has 3 rings (SSSR count). The molecule has 0 saturated carbocycles. The number of methoxy groups -OCH3 is 1. The Morgan fingerprint density at radius 3 is 2.58 bits per heavy atom. The van der Waals surface area contributed by atoms with Crippen LogP contribution >= 0.6 is 22.7 Å². The summed E-state index contributed by atoms with van der Waals surface area (Å²) < 4.78 is 5.16. The standard InChI is InChI=1S/C18H18N2O2S2/c1-12-8-9-23-16(12)10-20(2)18(21)15-11-24-17(19-15)13-4-6-14(22-3)7-5-13/h4-9,11H,10H2,1-3H3. The maximum Gasteiger partial charge on any atom is 0.273 e. The van der Waals surface area contributed by atoms with E-state index >= 15 is 0 Å². The van der Waals surface area contributed by atoms with Crippen molar-refractivity contribution in [3.63, 3.8) is 0 Å². The molecule has 4 nitrogen and oxygen atoms in total. The maximum atomic E-state index is 12.6. The molecule has 1 amide bonds. The van der Waals surface area contributed by atoms with Crippen LogP contribution in [0.1, 0.15) is 20.9 Å². The summed E-state index contributed by atoms with van der Waals surface area (Å²) >= 11 is 3.15. The highest BCUT2D eigenvalue weighted by molar-refractivity contribution is 7.13. The van der Waals surface area contributed by atoms with E-state index in [1.54, 1.807) is 23.3 Å². The van der Waals surface area contributed by atoms with E-state index in [1.165, 1.54) is 21.8 Å². The van der Waals surface area contributed by atoms with Gasteiger partial charge in [-0.15, -0.1) is 22.7 Å². The molecule has 0 N–H and O–H groups in total. The summed E-state index contributed by atoms with van der Waals surface area (Å²) in [6.45, 7) is 2.67. The Labute approximate surface area is 149 Å². The molecule has 124 valence electrons. The van der Waals surface area contributed by atoms with E-state index in [0.717, 1.165) is 16.3 Å². The first-order valence-corrected chi connectivity index (χ1v) is 9.23. The first-order valence-electron chi connectivity index (χ1n) is 7.47. The number of rotatable bonds is 5. The average Bonchev–Trinajstić information content (AvgIpc) is 3.24. The number of amides is 1. The predicted octanol–water partition coefficient (Wildman–Crippen LogP) is 4.46. The van der Waals surface area contributed by atoms with Crippen molar-refractivity contribution in [2.75, 3.05) is 14.2 Å². The smallest absolute Gasteiger partial charge is 0.273 e. The first kappa shape index (κ1) is 16.7. The minimum atomic E-state index is -0.0567. The van der Waals surface area contributed by atoms with Gasteiger partial charge >= 0.3 is 0 Å². The Balaban J connectivity index is 1.74. The SMILES string of the molecule is COc1ccc(-c2nc(C(=O)N(C)Cc3sccc3C)cs2)cc1. The molecule has 0 atom stereocenters. The third kappa shape index (κ3) is 3.49. The molecule has 0 fully saturated rings. The molecule has 6 heteroatoms. The molecule has 1 aromatic carbocycles. The molecule has 0 bridgehead atoms. The van der Waals surface area contributed by atoms with E-state index in [2.05, 4.69) is 18.0 Å². The molecule has 3 aromatic rings. The van der Waals surface area contributed by atoms with Crippen LogP contribution in [0.2, 0.25) is 0 Å². The molecule has 24 heavy (non-hydrogen) atoms. The molecular weight excluding hydrogens is 340 g/mol. The minimum Gasteiger partial charge on any atom is -0.497 e. The fraction of sp³-hybridized carbons (Fsp3) is 0.222. The van der Waals surface area contributed by atoms with Crippen LogP contribution in [0.15, 0.2) is 41.1 Å². The second-order valence-electron chi connectivity index (χ2n) is 5.45. The lowest BCUT2D eigenvalue weighted by Crippen LogP contribution is -2.26. The van der Waals surface area contributed by atoms with Gasteiger partial charge in [0.15, 0.2) is 0 Å². The Kier molecular flexibility index (Phi) is 4.97. The van der Waals surface area contributed by atoms with Gasteiger partial charge < -0.3 is 9.64 Å². The van der Waals surface area contributed by atoms with Crippen molar-refractivity contribution < 1.29 is 9.53 Å². The highest BCUT2D eigenvalue weighted by atomic mass is 32.1. The lowest BCUT2D eigenvalue weighted by molar-refractivity contribution is 0.0781. The number of thiophene rings is 1. The van der Waals surface area contributed by atoms with Crippen LogP contribution in [0.3, 0.4) is 0 Å². The summed E-state index contributed by atoms with van der Waals surface area (Å²) in [5, 5.41) is 4.70. The van der Waals surface area contributed by atoms with Gasteiger partial charge in [-0.25, -0.2) is 4.98 Å². The van der Waals surface area contributed by atoms with Crippen molar-refractivity contribution in [2.45, 2.75) is 13.5 Å². The lowest BCUT2D eigenvalue weighted by Gasteiger charge is -2.15. The van der Waals surface area contributed by atoms with E-state index < -0.39 is 0 Å². The van der Waals surface area contributed by atoms with Gasteiger partial charge in [0.05, 0.1) is 13.7 Å². The molecular formula is C18H18N2O2S2. The Bertz CT molecular complexity index is 837. The highest BCUT2D eigenvalue weighted by Gasteiger charge is 2.17. The summed E-state index contributed by atoms with van der Waals surface area (Å²) in [6, 6.07) is 9.76. The molecule has 0 aliphatic carbocycles. The number of ether oxygens (including phenoxy) is 1. The van der Waals surface area contributed by atoms with E-state index in [0.29, 0.717) is 12.2 Å². The zero-order valence-electron chi connectivity index (χ0n) is 13.8. The summed E-state index contributed by atoms with van der Waals surface area (Å²) in [6.07, 6.45) is 0. The van der Waals surface area contributed by atoms with Gasteiger partial charge in [0.2, 0.25) is 0 Å². The molecule has 0 aliphatic rings. The zero-order valence-corrected chi connectivity index (χ0v) is 15.4. The number of nitrogens with zero attached hydrogens (tertiary/aromatic N) is 2. The number of benzene rings is 1. The number of hydrogen-bond donors (Lipinski definition) is 0. The molecule has 0 unspecified atom stereocenters. The Morgan fingerprint density at radius 1 is 1.21 bits per heavy atom. The van der Waals surface area contributed by atoms with Crippen molar-refractivity contribution in [3.05, 3.63) is 57.2 Å². The largest absolute Gasteiger partial charge is 0.497 e. The number of thiazole rings is 1. The summed E-state index contributed by atoms with van der Waals surface area (Å²) in [4.78, 5) is 20.0. The number of hydrogen-bond acceptors (Lipinski definition) is 5. The van der Waals surface area contributed by atoms with Crippen molar-refractivity contribution in [2.24, 2.45) is 0 Å². The van der Waals surface area contributed by atoms with E-state index in [9.17, 15) is 4.79 Å². The number of aryl methyl sites for hydroxylation is 1. The van der Waals surface area contributed by atoms with E-state index in [4.69, 9.17) is 4.74 Å². The first-order chi connectivity index (χ1) is 11.6. The fourth-order valence-corrected chi connectivity index (χ4v) is 4.05. The van der Waals surface area contributed by atoms with Gasteiger partial charge in [0.25, 0.3) is 5.91 Å². The van der Waals surface area contributed by atoms with Crippen LogP contribution < -0.4 is 4.74 Å². The van der Waals surface area contributed by atoms with Gasteiger partial charge in [-0.05, 0) is 48.2 Å². The van der Waals surface area contributed by atoms with E-state index in [-0.39, 0.29) is 5.91 Å². The van der Waals surface area contributed by atoms with Crippen molar-refractivity contribution in [3.8, 4) is 16.3 Å². The van der Waals surface area contributed by atoms with Gasteiger partial charge in [0.1, 0.15) is 16.5 Å². The fourth-order valence-electron chi connectivity index (χ4n) is 2.29. The topological polar surface area (TPSA) is 42.4 Å². The second-order valence-corrected chi connectivity index (χ2v) is 7.31. The second kappa shape index (κ2) is 7.15. The molecule has 0 saturated heterocycles.